The lowest BCUT2D eigenvalue weighted by Crippen LogP contribution is -2.36. The molecule has 0 radical (unpaired) electrons. The number of hydrogen-bond acceptors (Lipinski definition) is 3. The molecule has 2 rings (SSSR count). The van der Waals surface area contributed by atoms with E-state index < -0.39 is 10.0 Å². The van der Waals surface area contributed by atoms with E-state index in [1.807, 2.05) is 43.3 Å². The fourth-order valence-electron chi connectivity index (χ4n) is 1.89. The second-order valence-electron chi connectivity index (χ2n) is 4.84. The van der Waals surface area contributed by atoms with Gasteiger partial charge in [0.2, 0.25) is 0 Å². The Bertz CT molecular complexity index is 753. The number of rotatable bonds is 5. The van der Waals surface area contributed by atoms with Crippen molar-refractivity contribution in [2.24, 2.45) is 0 Å². The van der Waals surface area contributed by atoms with Gasteiger partial charge in [-0.3, -0.25) is 0 Å². The Morgan fingerprint density at radius 2 is 1.71 bits per heavy atom. The monoisotopic (exact) mass is 302 g/mol. The third-order valence-electron chi connectivity index (χ3n) is 3.09. The van der Waals surface area contributed by atoms with Crippen molar-refractivity contribution in [3.8, 4) is 0 Å². The molecule has 0 spiro atoms. The first-order valence-electron chi connectivity index (χ1n) is 6.49. The Hall–Kier alpha value is -2.11. The Morgan fingerprint density at radius 3 is 2.38 bits per heavy atom. The second-order valence-corrected chi connectivity index (χ2v) is 6.49. The maximum Gasteiger partial charge on any atom is 0.257 e. The third kappa shape index (κ3) is 3.71. The first-order chi connectivity index (χ1) is 9.90. The molecule has 0 aromatic heterocycles. The van der Waals surface area contributed by atoms with Crippen LogP contribution in [0.3, 0.4) is 0 Å². The maximum absolute atomic E-state index is 12.3. The number of sulfonamides is 1. The van der Waals surface area contributed by atoms with Gasteiger partial charge in [-0.2, -0.15) is 0 Å². The van der Waals surface area contributed by atoms with Crippen molar-refractivity contribution in [3.63, 3.8) is 0 Å². The zero-order valence-electron chi connectivity index (χ0n) is 12.1. The summed E-state index contributed by atoms with van der Waals surface area (Å²) < 4.78 is 24.7. The van der Waals surface area contributed by atoms with Crippen molar-refractivity contribution in [1.29, 1.82) is 0 Å². The molecule has 0 bridgehead atoms. The quantitative estimate of drug-likeness (QED) is 0.835. The van der Waals surface area contributed by atoms with Gasteiger partial charge in [-0.25, -0.2) is 8.42 Å². The van der Waals surface area contributed by atoms with Crippen LogP contribution >= 0.6 is 0 Å². The van der Waals surface area contributed by atoms with E-state index in [4.69, 9.17) is 0 Å². The zero-order chi connectivity index (χ0) is 15.5. The van der Waals surface area contributed by atoms with Crippen LogP contribution < -0.4 is 10.3 Å². The summed E-state index contributed by atoms with van der Waals surface area (Å²) >= 11 is 0. The molecular weight excluding hydrogens is 284 g/mol. The lowest BCUT2D eigenvalue weighted by atomic mass is 10.2. The predicted molar refractivity (Wildman–Crippen MR) is 84.8 cm³/mol. The molecule has 0 heterocycles. The second kappa shape index (κ2) is 6.11. The van der Waals surface area contributed by atoms with E-state index in [1.165, 1.54) is 0 Å². The fourth-order valence-corrected chi connectivity index (χ4v) is 3.09. The SMILES string of the molecule is C=C(NNS(=O)(=O)c1cc(C)ccc1C)c1ccccc1. The average Bonchev–Trinajstić information content (AvgIpc) is 2.48. The summed E-state index contributed by atoms with van der Waals surface area (Å²) in [6.07, 6.45) is 0. The van der Waals surface area contributed by atoms with Gasteiger partial charge >= 0.3 is 0 Å². The Morgan fingerprint density at radius 1 is 1.05 bits per heavy atom. The van der Waals surface area contributed by atoms with Gasteiger partial charge in [0.1, 0.15) is 0 Å². The van der Waals surface area contributed by atoms with Crippen LogP contribution in [-0.2, 0) is 10.0 Å². The van der Waals surface area contributed by atoms with Crippen LogP contribution in [0.15, 0.2) is 60.0 Å². The standard InChI is InChI=1S/C16H18N2O2S/c1-12-9-10-13(2)16(11-12)21(19,20)18-17-14(3)15-7-5-4-6-8-15/h4-11,17-18H,3H2,1-2H3. The minimum Gasteiger partial charge on any atom is -0.308 e. The average molecular weight is 302 g/mol. The fraction of sp³-hybridized carbons (Fsp3) is 0.125. The van der Waals surface area contributed by atoms with Gasteiger partial charge in [0.15, 0.2) is 0 Å². The summed E-state index contributed by atoms with van der Waals surface area (Å²) in [6.45, 7) is 7.44. The first-order valence-corrected chi connectivity index (χ1v) is 7.98. The number of nitrogens with one attached hydrogen (secondary N) is 2. The molecule has 2 N–H and O–H groups in total. The van der Waals surface area contributed by atoms with Crippen LogP contribution in [0.2, 0.25) is 0 Å². The van der Waals surface area contributed by atoms with E-state index >= 15 is 0 Å². The van der Waals surface area contributed by atoms with Crippen LogP contribution in [-0.4, -0.2) is 8.42 Å². The molecule has 2 aromatic carbocycles. The molecule has 0 unspecified atom stereocenters. The van der Waals surface area contributed by atoms with E-state index in [1.54, 1.807) is 19.1 Å². The van der Waals surface area contributed by atoms with Crippen molar-refractivity contribution in [1.82, 2.24) is 10.3 Å². The van der Waals surface area contributed by atoms with Gasteiger partial charge in [0.25, 0.3) is 10.0 Å². The van der Waals surface area contributed by atoms with Crippen LogP contribution in [0, 0.1) is 13.8 Å². The van der Waals surface area contributed by atoms with Crippen LogP contribution in [0.25, 0.3) is 5.70 Å². The van der Waals surface area contributed by atoms with Gasteiger partial charge in [0, 0.05) is 5.70 Å². The van der Waals surface area contributed by atoms with E-state index in [9.17, 15) is 8.42 Å². The van der Waals surface area contributed by atoms with E-state index in [-0.39, 0.29) is 4.90 Å². The van der Waals surface area contributed by atoms with Gasteiger partial charge < -0.3 is 5.43 Å². The summed E-state index contributed by atoms with van der Waals surface area (Å²) in [5.41, 5.74) is 5.55. The zero-order valence-corrected chi connectivity index (χ0v) is 12.9. The number of aryl methyl sites for hydroxylation is 2. The molecule has 0 amide bonds. The molecule has 110 valence electrons. The highest BCUT2D eigenvalue weighted by atomic mass is 32.2. The highest BCUT2D eigenvalue weighted by molar-refractivity contribution is 7.89. The Labute approximate surface area is 125 Å². The maximum atomic E-state index is 12.3. The lowest BCUT2D eigenvalue weighted by Gasteiger charge is -2.13. The van der Waals surface area contributed by atoms with Crippen LogP contribution in [0.4, 0.5) is 0 Å². The molecule has 21 heavy (non-hydrogen) atoms. The van der Waals surface area contributed by atoms with Crippen molar-refractivity contribution in [2.45, 2.75) is 18.7 Å². The summed E-state index contributed by atoms with van der Waals surface area (Å²) in [7, 11) is -3.64. The Kier molecular flexibility index (Phi) is 4.45. The molecule has 0 atom stereocenters. The first kappa shape index (κ1) is 15.3. The van der Waals surface area contributed by atoms with E-state index in [0.717, 1.165) is 11.1 Å². The molecule has 0 aliphatic carbocycles. The largest absolute Gasteiger partial charge is 0.308 e. The normalized spacial score (nSPS) is 11.1. The minimum absolute atomic E-state index is 0.260. The minimum atomic E-state index is -3.64. The molecule has 4 nitrogen and oxygen atoms in total. The molecule has 0 saturated carbocycles. The molecule has 0 aliphatic rings. The van der Waals surface area contributed by atoms with Crippen LogP contribution in [0.5, 0.6) is 0 Å². The molecule has 0 aliphatic heterocycles. The van der Waals surface area contributed by atoms with Gasteiger partial charge in [-0.05, 0) is 36.6 Å². The van der Waals surface area contributed by atoms with Crippen molar-refractivity contribution in [2.75, 3.05) is 0 Å². The lowest BCUT2D eigenvalue weighted by molar-refractivity contribution is 0.575. The molecular formula is C16H18N2O2S. The van der Waals surface area contributed by atoms with Gasteiger partial charge in [-0.1, -0.05) is 49.0 Å². The smallest absolute Gasteiger partial charge is 0.257 e. The summed E-state index contributed by atoms with van der Waals surface area (Å²) in [6, 6.07) is 14.6. The molecule has 0 fully saturated rings. The molecule has 5 heteroatoms. The van der Waals surface area contributed by atoms with Gasteiger partial charge in [-0.15, -0.1) is 4.83 Å². The molecule has 0 saturated heterocycles. The summed E-state index contributed by atoms with van der Waals surface area (Å²) in [4.78, 5) is 2.62. The summed E-state index contributed by atoms with van der Waals surface area (Å²) in [5.74, 6) is 0. The number of hydrogen-bond donors (Lipinski definition) is 2. The third-order valence-corrected chi connectivity index (χ3v) is 4.48. The number of benzene rings is 2. The van der Waals surface area contributed by atoms with E-state index in [2.05, 4.69) is 16.8 Å². The highest BCUT2D eigenvalue weighted by Gasteiger charge is 2.16. The highest BCUT2D eigenvalue weighted by Crippen LogP contribution is 2.16. The van der Waals surface area contributed by atoms with Crippen LogP contribution in [0.1, 0.15) is 16.7 Å². The van der Waals surface area contributed by atoms with Crippen molar-refractivity contribution < 1.29 is 8.42 Å². The Balaban J connectivity index is 2.15. The molecule has 2 aromatic rings. The van der Waals surface area contributed by atoms with Gasteiger partial charge in [0.05, 0.1) is 4.90 Å². The summed E-state index contributed by atoms with van der Waals surface area (Å²) in [5, 5.41) is 0. The van der Waals surface area contributed by atoms with E-state index in [0.29, 0.717) is 11.3 Å². The topological polar surface area (TPSA) is 58.2 Å². The van der Waals surface area contributed by atoms with Crippen molar-refractivity contribution in [3.05, 3.63) is 71.8 Å². The predicted octanol–water partition coefficient (Wildman–Crippen LogP) is 2.76. The van der Waals surface area contributed by atoms with Crippen molar-refractivity contribution >= 4 is 15.7 Å². The number of hydrazine groups is 1.